The zero-order valence-electron chi connectivity index (χ0n) is 10.7. The van der Waals surface area contributed by atoms with E-state index >= 15 is 0 Å². The van der Waals surface area contributed by atoms with Crippen LogP contribution in [-0.4, -0.2) is 31.8 Å². The summed E-state index contributed by atoms with van der Waals surface area (Å²) in [6, 6.07) is 0. The fourth-order valence-electron chi connectivity index (χ4n) is 1.14. The van der Waals surface area contributed by atoms with E-state index in [-0.39, 0.29) is 5.91 Å². The SMILES string of the molecule is CCCSc1nsc(NC(=O)CSc2cnc(N)s2)n1. The van der Waals surface area contributed by atoms with Crippen LogP contribution in [0, 0.1) is 0 Å². The molecule has 0 aromatic carbocycles. The molecule has 20 heavy (non-hydrogen) atoms. The monoisotopic (exact) mass is 347 g/mol. The minimum atomic E-state index is -0.106. The summed E-state index contributed by atoms with van der Waals surface area (Å²) >= 11 is 5.57. The summed E-state index contributed by atoms with van der Waals surface area (Å²) in [7, 11) is 0. The quantitative estimate of drug-likeness (QED) is 0.744. The molecule has 0 unspecified atom stereocenters. The standard InChI is InChI=1S/C10H13N5OS4/c1-2-3-17-10-14-9(20-15-10)13-6(16)5-18-7-4-12-8(11)19-7/h4H,2-3,5H2,1H3,(H2,11,12)(H,13,14,15,16). The first-order valence-corrected chi connectivity index (χ1v) is 9.34. The lowest BCUT2D eigenvalue weighted by atomic mass is 10.6. The highest BCUT2D eigenvalue weighted by Gasteiger charge is 2.09. The fraction of sp³-hybridized carbons (Fsp3) is 0.400. The van der Waals surface area contributed by atoms with E-state index in [0.29, 0.717) is 16.0 Å². The molecule has 2 heterocycles. The lowest BCUT2D eigenvalue weighted by Crippen LogP contribution is -2.13. The van der Waals surface area contributed by atoms with E-state index in [0.717, 1.165) is 21.5 Å². The number of thioether (sulfide) groups is 2. The Morgan fingerprint density at radius 3 is 3.05 bits per heavy atom. The van der Waals surface area contributed by atoms with Crippen LogP contribution in [-0.2, 0) is 4.79 Å². The summed E-state index contributed by atoms with van der Waals surface area (Å²) < 4.78 is 5.10. The molecular weight excluding hydrogens is 334 g/mol. The van der Waals surface area contributed by atoms with Gasteiger partial charge in [0.15, 0.2) is 5.13 Å². The lowest BCUT2D eigenvalue weighted by Gasteiger charge is -1.98. The van der Waals surface area contributed by atoms with Crippen LogP contribution < -0.4 is 11.1 Å². The Balaban J connectivity index is 1.77. The summed E-state index contributed by atoms with van der Waals surface area (Å²) in [5, 5.41) is 4.51. The molecule has 2 rings (SSSR count). The van der Waals surface area contributed by atoms with Crippen molar-refractivity contribution in [3.05, 3.63) is 6.20 Å². The number of hydrogen-bond donors (Lipinski definition) is 2. The Morgan fingerprint density at radius 1 is 1.50 bits per heavy atom. The number of nitrogens with zero attached hydrogens (tertiary/aromatic N) is 3. The Morgan fingerprint density at radius 2 is 2.35 bits per heavy atom. The van der Waals surface area contributed by atoms with Gasteiger partial charge in [0.05, 0.1) is 16.2 Å². The van der Waals surface area contributed by atoms with Crippen LogP contribution in [0.3, 0.4) is 0 Å². The van der Waals surface area contributed by atoms with Crippen molar-refractivity contribution in [2.24, 2.45) is 0 Å². The third kappa shape index (κ3) is 4.93. The molecule has 0 bridgehead atoms. The number of nitrogens with two attached hydrogens (primary N) is 1. The summed E-state index contributed by atoms with van der Waals surface area (Å²) in [5.41, 5.74) is 5.53. The van der Waals surface area contributed by atoms with Gasteiger partial charge in [-0.15, -0.1) is 11.8 Å². The number of amides is 1. The average Bonchev–Trinajstić information content (AvgIpc) is 3.03. The largest absolute Gasteiger partial charge is 0.375 e. The van der Waals surface area contributed by atoms with E-state index in [4.69, 9.17) is 5.73 Å². The van der Waals surface area contributed by atoms with E-state index in [1.54, 1.807) is 18.0 Å². The van der Waals surface area contributed by atoms with Gasteiger partial charge in [0, 0.05) is 17.3 Å². The summed E-state index contributed by atoms with van der Waals surface area (Å²) in [6.45, 7) is 2.10. The zero-order chi connectivity index (χ0) is 14.4. The second-order valence-electron chi connectivity index (χ2n) is 3.58. The highest BCUT2D eigenvalue weighted by molar-refractivity contribution is 8.01. The second-order valence-corrected chi connectivity index (χ2v) is 7.74. The molecule has 2 aromatic heterocycles. The number of thiazole rings is 1. The molecule has 108 valence electrons. The Bertz CT molecular complexity index is 570. The van der Waals surface area contributed by atoms with Crippen molar-refractivity contribution in [1.29, 1.82) is 0 Å². The van der Waals surface area contributed by atoms with Crippen molar-refractivity contribution in [2.45, 2.75) is 22.7 Å². The molecule has 0 saturated carbocycles. The first-order chi connectivity index (χ1) is 9.67. The third-order valence-electron chi connectivity index (χ3n) is 1.94. The second kappa shape index (κ2) is 7.81. The number of hydrogen-bond acceptors (Lipinski definition) is 9. The highest BCUT2D eigenvalue weighted by atomic mass is 32.2. The van der Waals surface area contributed by atoms with E-state index in [2.05, 4.69) is 26.6 Å². The van der Waals surface area contributed by atoms with Crippen molar-refractivity contribution in [3.63, 3.8) is 0 Å². The van der Waals surface area contributed by atoms with Crippen LogP contribution in [0.2, 0.25) is 0 Å². The number of carbonyl (C=O) groups is 1. The van der Waals surface area contributed by atoms with Gasteiger partial charge in [-0.1, -0.05) is 30.0 Å². The molecule has 0 aliphatic rings. The molecule has 1 amide bonds. The van der Waals surface area contributed by atoms with Gasteiger partial charge in [0.2, 0.25) is 16.2 Å². The normalized spacial score (nSPS) is 10.7. The van der Waals surface area contributed by atoms with Crippen molar-refractivity contribution in [3.8, 4) is 0 Å². The minimum absolute atomic E-state index is 0.106. The van der Waals surface area contributed by atoms with Gasteiger partial charge in [0.25, 0.3) is 0 Å². The molecule has 0 radical (unpaired) electrons. The van der Waals surface area contributed by atoms with Crippen molar-refractivity contribution >= 4 is 62.6 Å². The van der Waals surface area contributed by atoms with Crippen LogP contribution in [0.5, 0.6) is 0 Å². The van der Waals surface area contributed by atoms with Crippen LogP contribution in [0.15, 0.2) is 15.6 Å². The molecule has 0 aliphatic heterocycles. The van der Waals surface area contributed by atoms with E-state index in [9.17, 15) is 4.79 Å². The Labute approximate surface area is 133 Å². The molecule has 6 nitrogen and oxygen atoms in total. The lowest BCUT2D eigenvalue weighted by molar-refractivity contribution is -0.113. The molecule has 0 spiro atoms. The number of anilines is 2. The van der Waals surface area contributed by atoms with Crippen LogP contribution in [0.4, 0.5) is 10.3 Å². The maximum Gasteiger partial charge on any atom is 0.236 e. The van der Waals surface area contributed by atoms with Crippen LogP contribution in [0.1, 0.15) is 13.3 Å². The molecule has 0 fully saturated rings. The number of aromatic nitrogens is 3. The number of carbonyl (C=O) groups excluding carboxylic acids is 1. The topological polar surface area (TPSA) is 93.8 Å². The summed E-state index contributed by atoms with van der Waals surface area (Å²) in [4.78, 5) is 19.9. The number of nitrogens with one attached hydrogen (secondary N) is 1. The molecule has 10 heteroatoms. The maximum atomic E-state index is 11.8. The predicted octanol–water partition coefficient (Wildman–Crippen LogP) is 2.81. The molecule has 0 aliphatic carbocycles. The van der Waals surface area contributed by atoms with Gasteiger partial charge in [-0.25, -0.2) is 4.98 Å². The molecule has 3 N–H and O–H groups in total. The minimum Gasteiger partial charge on any atom is -0.375 e. The van der Waals surface area contributed by atoms with Gasteiger partial charge < -0.3 is 5.73 Å². The van der Waals surface area contributed by atoms with Gasteiger partial charge >= 0.3 is 0 Å². The Kier molecular flexibility index (Phi) is 6.07. The van der Waals surface area contributed by atoms with Crippen molar-refractivity contribution in [1.82, 2.24) is 14.3 Å². The van der Waals surface area contributed by atoms with Gasteiger partial charge in [-0.3, -0.25) is 10.1 Å². The first kappa shape index (κ1) is 15.5. The smallest absolute Gasteiger partial charge is 0.236 e. The summed E-state index contributed by atoms with van der Waals surface area (Å²) in [5.74, 6) is 1.18. The highest BCUT2D eigenvalue weighted by Crippen LogP contribution is 2.26. The predicted molar refractivity (Wildman–Crippen MR) is 86.8 cm³/mol. The molecule has 0 saturated heterocycles. The van der Waals surface area contributed by atoms with Gasteiger partial charge in [-0.2, -0.15) is 9.36 Å². The number of nitrogen functional groups attached to an aromatic ring is 1. The Hall–Kier alpha value is -0.840. The number of rotatable bonds is 7. The van der Waals surface area contributed by atoms with Gasteiger partial charge in [0.1, 0.15) is 0 Å². The zero-order valence-corrected chi connectivity index (χ0v) is 13.9. The van der Waals surface area contributed by atoms with E-state index in [1.807, 2.05) is 0 Å². The molecular formula is C10H13N5OS4. The third-order valence-corrected chi connectivity index (χ3v) is 5.76. The van der Waals surface area contributed by atoms with Crippen molar-refractivity contribution in [2.75, 3.05) is 22.6 Å². The van der Waals surface area contributed by atoms with Crippen molar-refractivity contribution < 1.29 is 4.79 Å². The van der Waals surface area contributed by atoms with Crippen LogP contribution in [0.25, 0.3) is 0 Å². The average molecular weight is 348 g/mol. The van der Waals surface area contributed by atoms with E-state index in [1.165, 1.54) is 34.6 Å². The van der Waals surface area contributed by atoms with Crippen LogP contribution >= 0.6 is 46.4 Å². The van der Waals surface area contributed by atoms with Gasteiger partial charge in [-0.05, 0) is 6.42 Å². The summed E-state index contributed by atoms with van der Waals surface area (Å²) in [6.07, 6.45) is 2.74. The molecule has 2 aromatic rings. The van der Waals surface area contributed by atoms with E-state index < -0.39 is 0 Å². The maximum absolute atomic E-state index is 11.8. The molecule has 0 atom stereocenters. The first-order valence-electron chi connectivity index (χ1n) is 5.78. The fourth-order valence-corrected chi connectivity index (χ4v) is 4.12.